The zero-order valence-corrected chi connectivity index (χ0v) is 19.1. The van der Waals surface area contributed by atoms with E-state index in [-0.39, 0.29) is 22.3 Å². The second kappa shape index (κ2) is 9.54. The van der Waals surface area contributed by atoms with E-state index in [0.29, 0.717) is 22.7 Å². The first kappa shape index (κ1) is 22.7. The summed E-state index contributed by atoms with van der Waals surface area (Å²) in [6.07, 6.45) is 3.18. The van der Waals surface area contributed by atoms with Gasteiger partial charge in [0.15, 0.2) is 0 Å². The van der Waals surface area contributed by atoms with Crippen molar-refractivity contribution in [3.63, 3.8) is 0 Å². The quantitative estimate of drug-likeness (QED) is 0.648. The van der Waals surface area contributed by atoms with E-state index in [0.717, 1.165) is 37.3 Å². The highest BCUT2D eigenvalue weighted by atomic mass is 35.5. The normalized spacial score (nSPS) is 16.3. The van der Waals surface area contributed by atoms with Crippen LogP contribution in [0.4, 0.5) is 11.4 Å². The lowest BCUT2D eigenvalue weighted by Crippen LogP contribution is -2.35. The van der Waals surface area contributed by atoms with Gasteiger partial charge in [-0.3, -0.25) is 14.4 Å². The third-order valence-electron chi connectivity index (χ3n) is 5.70. The van der Waals surface area contributed by atoms with Crippen molar-refractivity contribution in [2.24, 2.45) is 0 Å². The van der Waals surface area contributed by atoms with Crippen LogP contribution < -0.4 is 19.7 Å². The van der Waals surface area contributed by atoms with Crippen LogP contribution in [0.15, 0.2) is 53.2 Å². The van der Waals surface area contributed by atoms with Gasteiger partial charge >= 0.3 is 0 Å². The van der Waals surface area contributed by atoms with Crippen LogP contribution in [0.2, 0.25) is 0 Å². The highest BCUT2D eigenvalue weighted by Crippen LogP contribution is 2.38. The molecule has 2 aromatic rings. The van der Waals surface area contributed by atoms with Crippen LogP contribution in [-0.4, -0.2) is 49.9 Å². The maximum atomic E-state index is 13.1. The zero-order valence-electron chi connectivity index (χ0n) is 18.4. The highest BCUT2D eigenvalue weighted by molar-refractivity contribution is 6.53. The number of hydrogen-bond acceptors (Lipinski definition) is 6. The van der Waals surface area contributed by atoms with E-state index in [4.69, 9.17) is 21.1 Å². The SMILES string of the molecule is COc1ccc(OC)c(N2C(=O)C(Cl)=C(Nc3ccc(C(=O)N4CCCCC4)cc3)C2=O)c1. The van der Waals surface area contributed by atoms with E-state index in [1.165, 1.54) is 20.3 Å². The summed E-state index contributed by atoms with van der Waals surface area (Å²) in [4.78, 5) is 41.4. The van der Waals surface area contributed by atoms with Gasteiger partial charge in [-0.1, -0.05) is 11.6 Å². The molecular formula is C24H24ClN3O5. The second-order valence-corrected chi connectivity index (χ2v) is 8.11. The first-order chi connectivity index (χ1) is 15.9. The Hall–Kier alpha value is -3.52. The standard InChI is InChI=1S/C24H24ClN3O5/c1-32-17-10-11-19(33-2)18(14-17)28-23(30)20(25)21(24(28)31)26-16-8-6-15(7-9-16)22(29)27-12-4-3-5-13-27/h6-11,14,26H,3-5,12-13H2,1-2H3. The van der Waals surface area contributed by atoms with Gasteiger partial charge in [0.1, 0.15) is 22.2 Å². The summed E-state index contributed by atoms with van der Waals surface area (Å²) in [6.45, 7) is 1.53. The molecule has 3 amide bonds. The van der Waals surface area contributed by atoms with Crippen LogP contribution in [0, 0.1) is 0 Å². The summed E-state index contributed by atoms with van der Waals surface area (Å²) < 4.78 is 10.5. The molecule has 0 atom stereocenters. The molecule has 33 heavy (non-hydrogen) atoms. The van der Waals surface area contributed by atoms with E-state index >= 15 is 0 Å². The number of anilines is 2. The second-order valence-electron chi connectivity index (χ2n) is 7.73. The molecule has 4 rings (SSSR count). The summed E-state index contributed by atoms with van der Waals surface area (Å²) in [5.74, 6) is -0.527. The van der Waals surface area contributed by atoms with Crippen LogP contribution in [0.1, 0.15) is 29.6 Å². The van der Waals surface area contributed by atoms with Crippen molar-refractivity contribution in [2.45, 2.75) is 19.3 Å². The van der Waals surface area contributed by atoms with Crippen molar-refractivity contribution < 1.29 is 23.9 Å². The average Bonchev–Trinajstić information content (AvgIpc) is 3.07. The third-order valence-corrected chi connectivity index (χ3v) is 6.05. The molecule has 0 saturated carbocycles. The minimum atomic E-state index is -0.674. The lowest BCUT2D eigenvalue weighted by Gasteiger charge is -2.26. The molecule has 0 unspecified atom stereocenters. The number of halogens is 1. The molecule has 0 bridgehead atoms. The van der Waals surface area contributed by atoms with E-state index < -0.39 is 11.8 Å². The van der Waals surface area contributed by atoms with Crippen LogP contribution in [0.5, 0.6) is 11.5 Å². The van der Waals surface area contributed by atoms with E-state index in [1.807, 2.05) is 4.90 Å². The molecule has 0 radical (unpaired) electrons. The maximum Gasteiger partial charge on any atom is 0.283 e. The molecule has 1 fully saturated rings. The number of piperidine rings is 1. The molecule has 0 spiro atoms. The van der Waals surface area contributed by atoms with Crippen molar-refractivity contribution in [2.75, 3.05) is 37.5 Å². The number of carbonyl (C=O) groups is 3. The Morgan fingerprint density at radius 2 is 1.64 bits per heavy atom. The number of benzene rings is 2. The summed E-state index contributed by atoms with van der Waals surface area (Å²) in [5.41, 5.74) is 1.27. The predicted octanol–water partition coefficient (Wildman–Crippen LogP) is 3.77. The molecule has 8 nitrogen and oxygen atoms in total. The van der Waals surface area contributed by atoms with Crippen LogP contribution in [-0.2, 0) is 9.59 Å². The molecule has 1 saturated heterocycles. The van der Waals surface area contributed by atoms with Crippen molar-refractivity contribution in [1.82, 2.24) is 4.90 Å². The molecule has 2 heterocycles. The number of likely N-dealkylation sites (tertiary alicyclic amines) is 1. The van der Waals surface area contributed by atoms with E-state index in [9.17, 15) is 14.4 Å². The van der Waals surface area contributed by atoms with Crippen molar-refractivity contribution >= 4 is 40.7 Å². The summed E-state index contributed by atoms with van der Waals surface area (Å²) in [5, 5.41) is 2.68. The molecular weight excluding hydrogens is 446 g/mol. The lowest BCUT2D eigenvalue weighted by molar-refractivity contribution is -0.120. The van der Waals surface area contributed by atoms with Gasteiger partial charge in [0.25, 0.3) is 17.7 Å². The maximum absolute atomic E-state index is 13.1. The first-order valence-electron chi connectivity index (χ1n) is 10.6. The van der Waals surface area contributed by atoms with Gasteiger partial charge in [-0.15, -0.1) is 0 Å². The van der Waals surface area contributed by atoms with Crippen molar-refractivity contribution in [3.05, 3.63) is 58.8 Å². The molecule has 2 aromatic carbocycles. The van der Waals surface area contributed by atoms with Crippen LogP contribution in [0.25, 0.3) is 0 Å². The largest absolute Gasteiger partial charge is 0.497 e. The highest BCUT2D eigenvalue weighted by Gasteiger charge is 2.40. The summed E-state index contributed by atoms with van der Waals surface area (Å²) >= 11 is 6.24. The Morgan fingerprint density at radius 1 is 0.939 bits per heavy atom. The molecule has 172 valence electrons. The number of ether oxygens (including phenoxy) is 2. The Labute approximate surface area is 196 Å². The van der Waals surface area contributed by atoms with Gasteiger partial charge < -0.3 is 19.7 Å². The van der Waals surface area contributed by atoms with Gasteiger partial charge in [0, 0.05) is 30.4 Å². The van der Waals surface area contributed by atoms with Crippen molar-refractivity contribution in [1.29, 1.82) is 0 Å². The number of nitrogens with zero attached hydrogens (tertiary/aromatic N) is 2. The Balaban J connectivity index is 1.54. The topological polar surface area (TPSA) is 88.2 Å². The fourth-order valence-electron chi connectivity index (χ4n) is 3.92. The van der Waals surface area contributed by atoms with Gasteiger partial charge in [0.05, 0.1) is 19.9 Å². The predicted molar refractivity (Wildman–Crippen MR) is 125 cm³/mol. The third kappa shape index (κ3) is 4.39. The number of carbonyl (C=O) groups excluding carboxylic acids is 3. The zero-order chi connectivity index (χ0) is 23.5. The summed E-state index contributed by atoms with van der Waals surface area (Å²) in [7, 11) is 2.92. The minimum Gasteiger partial charge on any atom is -0.497 e. The van der Waals surface area contributed by atoms with E-state index in [2.05, 4.69) is 5.32 Å². The first-order valence-corrected chi connectivity index (χ1v) is 11.0. The Kier molecular flexibility index (Phi) is 6.55. The molecule has 9 heteroatoms. The molecule has 1 N–H and O–H groups in total. The number of methoxy groups -OCH3 is 2. The average molecular weight is 470 g/mol. The molecule has 0 aliphatic carbocycles. The summed E-state index contributed by atoms with van der Waals surface area (Å²) in [6, 6.07) is 11.5. The van der Waals surface area contributed by atoms with Gasteiger partial charge in [-0.25, -0.2) is 4.90 Å². The van der Waals surface area contributed by atoms with Crippen LogP contribution >= 0.6 is 11.6 Å². The van der Waals surface area contributed by atoms with Gasteiger partial charge in [0.2, 0.25) is 0 Å². The Morgan fingerprint density at radius 3 is 2.27 bits per heavy atom. The van der Waals surface area contributed by atoms with Crippen molar-refractivity contribution in [3.8, 4) is 11.5 Å². The van der Waals surface area contributed by atoms with E-state index in [1.54, 1.807) is 36.4 Å². The fourth-order valence-corrected chi connectivity index (χ4v) is 4.13. The van der Waals surface area contributed by atoms with Gasteiger partial charge in [-0.05, 0) is 55.7 Å². The number of imide groups is 1. The van der Waals surface area contributed by atoms with Crippen LogP contribution in [0.3, 0.4) is 0 Å². The lowest BCUT2D eigenvalue weighted by atomic mass is 10.1. The molecule has 2 aliphatic heterocycles. The monoisotopic (exact) mass is 469 g/mol. The fraction of sp³-hybridized carbons (Fsp3) is 0.292. The van der Waals surface area contributed by atoms with Gasteiger partial charge in [-0.2, -0.15) is 0 Å². The number of rotatable bonds is 6. The Bertz CT molecular complexity index is 1120. The number of nitrogens with one attached hydrogen (secondary N) is 1. The minimum absolute atomic E-state index is 0.0121. The molecule has 0 aromatic heterocycles. The smallest absolute Gasteiger partial charge is 0.283 e. The molecule has 2 aliphatic rings. The number of hydrogen-bond donors (Lipinski definition) is 1. The number of amides is 3.